The quantitative estimate of drug-likeness (QED) is 0.598. The Kier molecular flexibility index (Phi) is 4.33. The van der Waals surface area contributed by atoms with Gasteiger partial charge in [0.25, 0.3) is 0 Å². The number of anilines is 1. The predicted molar refractivity (Wildman–Crippen MR) is 128 cm³/mol. The zero-order chi connectivity index (χ0) is 22.9. The molecule has 2 saturated heterocycles. The highest BCUT2D eigenvalue weighted by Crippen LogP contribution is 2.78. The smallest absolute Gasteiger partial charge is 0.159 e. The van der Waals surface area contributed by atoms with Crippen LogP contribution in [0.2, 0.25) is 0 Å². The molecule has 3 atom stereocenters. The monoisotopic (exact) mass is 455 g/mol. The summed E-state index contributed by atoms with van der Waals surface area (Å²) in [4.78, 5) is 14.1. The average molecular weight is 456 g/mol. The minimum atomic E-state index is -0.312. The van der Waals surface area contributed by atoms with E-state index in [0.717, 1.165) is 73.8 Å². The van der Waals surface area contributed by atoms with E-state index in [4.69, 9.17) is 4.74 Å². The molecule has 0 radical (unpaired) electrons. The van der Waals surface area contributed by atoms with E-state index in [2.05, 4.69) is 56.1 Å². The zero-order valence-electron chi connectivity index (χ0n) is 19.5. The molecule has 4 heterocycles. The number of nitrogens with zero attached hydrogens (tertiary/aromatic N) is 7. The van der Waals surface area contributed by atoms with E-state index < -0.39 is 0 Å². The second-order valence-electron chi connectivity index (χ2n) is 10.6. The molecule has 0 N–H and O–H groups in total. The van der Waals surface area contributed by atoms with Crippen LogP contribution in [0.3, 0.4) is 0 Å². The Balaban J connectivity index is 1.17. The summed E-state index contributed by atoms with van der Waals surface area (Å²) in [7, 11) is 0. The van der Waals surface area contributed by atoms with Crippen LogP contribution in [0.1, 0.15) is 38.2 Å². The lowest BCUT2D eigenvalue weighted by Crippen LogP contribution is -2.55. The summed E-state index contributed by atoms with van der Waals surface area (Å²) >= 11 is 0. The number of hydrogen-bond acceptors (Lipinski definition) is 7. The molecule has 4 fully saturated rings. The Labute approximate surface area is 199 Å². The lowest BCUT2D eigenvalue weighted by Gasteiger charge is -2.43. The van der Waals surface area contributed by atoms with Crippen LogP contribution >= 0.6 is 0 Å². The highest BCUT2D eigenvalue weighted by Gasteiger charge is 2.75. The number of aromatic nitrogens is 4. The molecular formula is C26H29N7O. The highest BCUT2D eigenvalue weighted by atomic mass is 16.5. The Bertz CT molecular complexity index is 1300. The van der Waals surface area contributed by atoms with Crippen LogP contribution in [-0.2, 0) is 10.2 Å². The Morgan fingerprint density at radius 2 is 2.03 bits per heavy atom. The maximum atomic E-state index is 9.98. The van der Waals surface area contributed by atoms with Crippen molar-refractivity contribution in [2.24, 2.45) is 5.41 Å². The number of rotatable bonds is 4. The molecule has 2 saturated carbocycles. The fourth-order valence-electron chi connectivity index (χ4n) is 6.45. The van der Waals surface area contributed by atoms with Gasteiger partial charge in [-0.3, -0.25) is 4.90 Å². The third kappa shape index (κ3) is 2.93. The van der Waals surface area contributed by atoms with Gasteiger partial charge in [-0.25, -0.2) is 14.6 Å². The normalized spacial score (nSPS) is 30.1. The summed E-state index contributed by atoms with van der Waals surface area (Å²) in [5, 5.41) is 15.7. The Morgan fingerprint density at radius 3 is 2.76 bits per heavy atom. The van der Waals surface area contributed by atoms with Crippen molar-refractivity contribution in [3.8, 4) is 11.9 Å². The first-order valence-corrected chi connectivity index (χ1v) is 12.4. The van der Waals surface area contributed by atoms with Crippen molar-refractivity contribution in [3.05, 3.63) is 42.4 Å². The lowest BCUT2D eigenvalue weighted by molar-refractivity contribution is 0.105. The Hall–Kier alpha value is -3.02. The minimum absolute atomic E-state index is 0.242. The molecule has 1 aromatic carbocycles. The maximum absolute atomic E-state index is 9.98. The van der Waals surface area contributed by atoms with Crippen LogP contribution in [0.4, 0.5) is 5.82 Å². The third-order valence-corrected chi connectivity index (χ3v) is 8.72. The van der Waals surface area contributed by atoms with Crippen molar-refractivity contribution in [1.82, 2.24) is 24.6 Å². The summed E-state index contributed by atoms with van der Waals surface area (Å²) in [6.45, 7) is 6.91. The van der Waals surface area contributed by atoms with Gasteiger partial charge >= 0.3 is 0 Å². The molecule has 0 bridgehead atoms. The van der Waals surface area contributed by atoms with Crippen LogP contribution < -0.4 is 4.90 Å². The van der Waals surface area contributed by atoms with E-state index in [9.17, 15) is 5.26 Å². The lowest BCUT2D eigenvalue weighted by atomic mass is 9.93. The Morgan fingerprint density at radius 1 is 1.15 bits per heavy atom. The van der Waals surface area contributed by atoms with Gasteiger partial charge in [-0.1, -0.05) is 12.1 Å². The molecule has 34 heavy (non-hydrogen) atoms. The number of benzene rings is 1. The van der Waals surface area contributed by atoms with Crippen LogP contribution in [0.25, 0.3) is 16.7 Å². The predicted octanol–water partition coefficient (Wildman–Crippen LogP) is 3.06. The van der Waals surface area contributed by atoms with Gasteiger partial charge in [0, 0.05) is 49.8 Å². The highest BCUT2D eigenvalue weighted by molar-refractivity contribution is 5.82. The van der Waals surface area contributed by atoms with Gasteiger partial charge in [0.05, 0.1) is 29.8 Å². The summed E-state index contributed by atoms with van der Waals surface area (Å²) in [6, 6.07) is 12.0. The summed E-state index contributed by atoms with van der Waals surface area (Å²) < 4.78 is 7.51. The van der Waals surface area contributed by atoms with Crippen LogP contribution in [0, 0.1) is 16.7 Å². The summed E-state index contributed by atoms with van der Waals surface area (Å²) in [5.74, 6) is 1.70. The first-order chi connectivity index (χ1) is 16.6. The molecule has 0 unspecified atom stereocenters. The first kappa shape index (κ1) is 20.4. The van der Waals surface area contributed by atoms with Crippen LogP contribution in [0.5, 0.6) is 0 Å². The molecule has 8 heteroatoms. The fraction of sp³-hybridized carbons (Fsp3) is 0.538. The fourth-order valence-corrected chi connectivity index (χ4v) is 6.45. The molecule has 7 rings (SSSR count). The molecule has 0 amide bonds. The number of piperazine rings is 1. The van der Waals surface area contributed by atoms with Crippen molar-refractivity contribution in [1.29, 1.82) is 5.26 Å². The van der Waals surface area contributed by atoms with E-state index >= 15 is 0 Å². The average Bonchev–Trinajstić information content (AvgIpc) is 3.60. The van der Waals surface area contributed by atoms with E-state index in [1.165, 1.54) is 12.8 Å². The summed E-state index contributed by atoms with van der Waals surface area (Å²) in [5.41, 5.74) is 2.05. The van der Waals surface area contributed by atoms with E-state index in [1.807, 2.05) is 16.9 Å². The number of nitriles is 1. The van der Waals surface area contributed by atoms with Crippen LogP contribution in [0.15, 0.2) is 36.8 Å². The van der Waals surface area contributed by atoms with Crippen LogP contribution in [-0.4, -0.2) is 69.6 Å². The van der Waals surface area contributed by atoms with E-state index in [-0.39, 0.29) is 10.8 Å². The number of fused-ring (bicyclic) bond motifs is 1. The van der Waals surface area contributed by atoms with Gasteiger partial charge in [-0.05, 0) is 49.7 Å². The largest absolute Gasteiger partial charge is 0.380 e. The second kappa shape index (κ2) is 7.24. The molecule has 1 spiro atoms. The van der Waals surface area contributed by atoms with Gasteiger partial charge in [0.2, 0.25) is 0 Å². The van der Waals surface area contributed by atoms with Gasteiger partial charge in [0.1, 0.15) is 12.1 Å². The van der Waals surface area contributed by atoms with Gasteiger partial charge < -0.3 is 9.64 Å². The molecule has 174 valence electrons. The SMILES string of the molecule is C[C@@H]1CN(c2cc(-n3ncc4ccc([C@]5(C#N)CC56CC6)cc43)ncn2)CCN1[C@H]1CCOC1. The molecule has 4 aliphatic rings. The van der Waals surface area contributed by atoms with Crippen molar-refractivity contribution >= 4 is 16.7 Å². The molecule has 2 aliphatic carbocycles. The zero-order valence-corrected chi connectivity index (χ0v) is 19.5. The standard InChI is InChI=1S/C26H29N7O/c1-18-13-31(7-8-32(18)21-4-9-34-14-21)23-11-24(29-17-28-23)33-22-10-20(3-2-19(22)12-30-33)26(16-27)15-25(26)5-6-25/h2-3,10-12,17-18,21H,4-9,13-15H2,1H3/t18-,21+,26-/m1/s1. The van der Waals surface area contributed by atoms with E-state index in [0.29, 0.717) is 12.1 Å². The van der Waals surface area contributed by atoms with Gasteiger partial charge in [-0.2, -0.15) is 10.4 Å². The second-order valence-corrected chi connectivity index (χ2v) is 10.6. The third-order valence-electron chi connectivity index (χ3n) is 8.72. The van der Waals surface area contributed by atoms with Crippen molar-refractivity contribution in [2.45, 2.75) is 50.1 Å². The van der Waals surface area contributed by atoms with Gasteiger partial charge in [-0.15, -0.1) is 0 Å². The van der Waals surface area contributed by atoms with Crippen molar-refractivity contribution in [3.63, 3.8) is 0 Å². The maximum Gasteiger partial charge on any atom is 0.159 e. The van der Waals surface area contributed by atoms with E-state index in [1.54, 1.807) is 6.33 Å². The van der Waals surface area contributed by atoms with Crippen molar-refractivity contribution < 1.29 is 4.74 Å². The molecular weight excluding hydrogens is 426 g/mol. The van der Waals surface area contributed by atoms with Crippen molar-refractivity contribution in [2.75, 3.05) is 37.7 Å². The molecule has 3 aromatic rings. The first-order valence-electron chi connectivity index (χ1n) is 12.4. The summed E-state index contributed by atoms with van der Waals surface area (Å²) in [6.07, 6.45) is 7.99. The minimum Gasteiger partial charge on any atom is -0.380 e. The molecule has 2 aliphatic heterocycles. The topological polar surface area (TPSA) is 83.1 Å². The molecule has 2 aromatic heterocycles. The van der Waals surface area contributed by atoms with Gasteiger partial charge in [0.15, 0.2) is 5.82 Å². The molecule has 8 nitrogen and oxygen atoms in total. The number of hydrogen-bond donors (Lipinski definition) is 0. The number of ether oxygens (including phenoxy) is 1.